The van der Waals surface area contributed by atoms with E-state index in [2.05, 4.69) is 35.1 Å². The first-order valence-electron chi connectivity index (χ1n) is 2.77. The summed E-state index contributed by atoms with van der Waals surface area (Å²) in [5.74, 6) is 0. The Morgan fingerprint density at radius 2 is 1.09 bits per heavy atom. The summed E-state index contributed by atoms with van der Waals surface area (Å²) in [6.07, 6.45) is 0. The Bertz CT molecular complexity index is 179. The van der Waals surface area contributed by atoms with E-state index in [0.717, 1.165) is 11.4 Å². The summed E-state index contributed by atoms with van der Waals surface area (Å²) in [6, 6.07) is 7.63. The Kier molecular flexibility index (Phi) is 5.98. The van der Waals surface area contributed by atoms with Gasteiger partial charge in [-0.15, -0.1) is 24.0 Å². The van der Waals surface area contributed by atoms with Crippen molar-refractivity contribution < 1.29 is 0 Å². The fourth-order valence-electron chi connectivity index (χ4n) is 0.619. The first kappa shape index (κ1) is 11.2. The Morgan fingerprint density at radius 1 is 0.818 bits per heavy atom. The highest BCUT2D eigenvalue weighted by Crippen LogP contribution is 2.13. The molecule has 0 amide bonds. The molecule has 0 saturated heterocycles. The zero-order chi connectivity index (χ0) is 7.40. The van der Waals surface area contributed by atoms with Crippen molar-refractivity contribution in [1.82, 2.24) is 0 Å². The molecule has 0 aliphatic rings. The van der Waals surface area contributed by atoms with Crippen molar-refractivity contribution in [2.45, 2.75) is 0 Å². The molecule has 1 rings (SSSR count). The van der Waals surface area contributed by atoms with E-state index >= 15 is 0 Å². The standard InChI is InChI=1S/C6H8N2S2.HI/c9-7-5-1-2-6(8-10)4-3-5;/h1-4,7-10H;1H. The largest absolute Gasteiger partial charge is 0.332 e. The molecule has 0 fully saturated rings. The van der Waals surface area contributed by atoms with Gasteiger partial charge in [0.1, 0.15) is 0 Å². The topological polar surface area (TPSA) is 24.1 Å². The lowest BCUT2D eigenvalue weighted by Crippen LogP contribution is -1.81. The summed E-state index contributed by atoms with van der Waals surface area (Å²) >= 11 is 7.77. The van der Waals surface area contributed by atoms with Crippen LogP contribution in [0.15, 0.2) is 24.3 Å². The van der Waals surface area contributed by atoms with E-state index in [1.54, 1.807) is 0 Å². The maximum Gasteiger partial charge on any atom is 0.0439 e. The van der Waals surface area contributed by atoms with Crippen molar-refractivity contribution in [3.8, 4) is 0 Å². The second-order valence-electron chi connectivity index (χ2n) is 1.80. The van der Waals surface area contributed by atoms with E-state index in [0.29, 0.717) is 0 Å². The van der Waals surface area contributed by atoms with E-state index in [-0.39, 0.29) is 24.0 Å². The normalized spacial score (nSPS) is 8.18. The predicted octanol–water partition coefficient (Wildman–Crippen LogP) is 2.82. The summed E-state index contributed by atoms with van der Waals surface area (Å²) in [4.78, 5) is 0. The van der Waals surface area contributed by atoms with E-state index in [1.165, 1.54) is 0 Å². The van der Waals surface area contributed by atoms with Crippen LogP contribution in [-0.2, 0) is 0 Å². The molecule has 62 valence electrons. The third-order valence-electron chi connectivity index (χ3n) is 1.14. The van der Waals surface area contributed by atoms with Gasteiger partial charge in [0.25, 0.3) is 0 Å². The van der Waals surface area contributed by atoms with Crippen molar-refractivity contribution in [3.63, 3.8) is 0 Å². The summed E-state index contributed by atoms with van der Waals surface area (Å²) in [5, 5.41) is 0. The monoisotopic (exact) mass is 300 g/mol. The lowest BCUT2D eigenvalue weighted by Gasteiger charge is -1.99. The van der Waals surface area contributed by atoms with Crippen molar-refractivity contribution >= 4 is 61.0 Å². The molecule has 2 N–H and O–H groups in total. The lowest BCUT2D eigenvalue weighted by atomic mass is 10.3. The van der Waals surface area contributed by atoms with Gasteiger partial charge in [-0.25, -0.2) is 0 Å². The van der Waals surface area contributed by atoms with Gasteiger partial charge in [-0.05, 0) is 24.3 Å². The maximum atomic E-state index is 3.88. The fourth-order valence-corrected chi connectivity index (χ4v) is 0.917. The minimum Gasteiger partial charge on any atom is -0.332 e. The molecule has 0 aliphatic heterocycles. The van der Waals surface area contributed by atoms with Crippen LogP contribution in [0.25, 0.3) is 0 Å². The molecule has 0 spiro atoms. The number of hydrogen-bond donors (Lipinski definition) is 4. The van der Waals surface area contributed by atoms with E-state index in [4.69, 9.17) is 0 Å². The molecule has 0 heterocycles. The van der Waals surface area contributed by atoms with Gasteiger partial charge >= 0.3 is 0 Å². The third kappa shape index (κ3) is 3.44. The second-order valence-corrected chi connectivity index (χ2v) is 2.25. The zero-order valence-corrected chi connectivity index (χ0v) is 9.73. The summed E-state index contributed by atoms with van der Waals surface area (Å²) in [5.41, 5.74) is 1.94. The first-order valence-corrected chi connectivity index (χ1v) is 3.66. The Balaban J connectivity index is 0.000001000. The van der Waals surface area contributed by atoms with Gasteiger partial charge in [0.15, 0.2) is 0 Å². The zero-order valence-electron chi connectivity index (χ0n) is 5.61. The van der Waals surface area contributed by atoms with Crippen molar-refractivity contribution in [3.05, 3.63) is 24.3 Å². The third-order valence-corrected chi connectivity index (χ3v) is 1.66. The van der Waals surface area contributed by atoms with E-state index < -0.39 is 0 Å². The average Bonchev–Trinajstić information content (AvgIpc) is 2.05. The minimum absolute atomic E-state index is 0. The highest BCUT2D eigenvalue weighted by atomic mass is 127. The number of rotatable bonds is 2. The molecule has 0 aliphatic carbocycles. The van der Waals surface area contributed by atoms with Crippen LogP contribution in [-0.4, -0.2) is 0 Å². The number of nitrogens with one attached hydrogen (secondary N) is 2. The van der Waals surface area contributed by atoms with Crippen molar-refractivity contribution in [2.75, 3.05) is 9.44 Å². The summed E-state index contributed by atoms with van der Waals surface area (Å²) < 4.78 is 5.44. The van der Waals surface area contributed by atoms with Gasteiger partial charge in [0.05, 0.1) is 0 Å². The number of anilines is 2. The van der Waals surface area contributed by atoms with Crippen molar-refractivity contribution in [1.29, 1.82) is 0 Å². The molecular formula is C6H9IN2S2. The number of benzene rings is 1. The molecule has 0 unspecified atom stereocenters. The SMILES string of the molecule is I.SNc1ccc(NS)cc1. The van der Waals surface area contributed by atoms with Gasteiger partial charge in [-0.1, -0.05) is 25.6 Å². The van der Waals surface area contributed by atoms with Gasteiger partial charge in [0.2, 0.25) is 0 Å². The first-order chi connectivity index (χ1) is 4.86. The molecule has 1 aromatic carbocycles. The molecule has 0 radical (unpaired) electrons. The van der Waals surface area contributed by atoms with Crippen LogP contribution in [0.1, 0.15) is 0 Å². The predicted molar refractivity (Wildman–Crippen MR) is 67.1 cm³/mol. The quantitative estimate of drug-likeness (QED) is 0.499. The van der Waals surface area contributed by atoms with E-state index in [1.807, 2.05) is 24.3 Å². The Morgan fingerprint density at radius 3 is 1.27 bits per heavy atom. The molecule has 2 nitrogen and oxygen atoms in total. The molecule has 0 bridgehead atoms. The summed E-state index contributed by atoms with van der Waals surface area (Å²) in [7, 11) is 0. The van der Waals surface area contributed by atoms with Crippen LogP contribution in [0.2, 0.25) is 0 Å². The molecule has 0 aromatic heterocycles. The van der Waals surface area contributed by atoms with Crippen LogP contribution in [0, 0.1) is 0 Å². The lowest BCUT2D eigenvalue weighted by molar-refractivity contribution is 1.67. The molecule has 0 saturated carbocycles. The number of halogens is 1. The van der Waals surface area contributed by atoms with Gasteiger partial charge < -0.3 is 9.44 Å². The molecular weight excluding hydrogens is 291 g/mol. The Hall–Kier alpha value is 0.250. The highest BCUT2D eigenvalue weighted by Gasteiger charge is 1.87. The van der Waals surface area contributed by atoms with Crippen LogP contribution in [0.5, 0.6) is 0 Å². The van der Waals surface area contributed by atoms with Crippen molar-refractivity contribution in [2.24, 2.45) is 0 Å². The van der Waals surface area contributed by atoms with E-state index in [9.17, 15) is 0 Å². The van der Waals surface area contributed by atoms with Crippen LogP contribution in [0.4, 0.5) is 11.4 Å². The van der Waals surface area contributed by atoms with Crippen LogP contribution >= 0.6 is 49.6 Å². The van der Waals surface area contributed by atoms with Crippen LogP contribution in [0.3, 0.4) is 0 Å². The Labute approximate surface area is 94.3 Å². The highest BCUT2D eigenvalue weighted by molar-refractivity contribution is 14.0. The number of hydrogen-bond acceptors (Lipinski definition) is 4. The molecule has 0 atom stereocenters. The van der Waals surface area contributed by atoms with Gasteiger partial charge in [-0.3, -0.25) is 0 Å². The average molecular weight is 300 g/mol. The number of thiol groups is 2. The molecule has 5 heteroatoms. The minimum atomic E-state index is 0. The molecule has 11 heavy (non-hydrogen) atoms. The summed E-state index contributed by atoms with van der Waals surface area (Å²) in [6.45, 7) is 0. The fraction of sp³-hybridized carbons (Fsp3) is 0. The van der Waals surface area contributed by atoms with Crippen LogP contribution < -0.4 is 9.44 Å². The van der Waals surface area contributed by atoms with Gasteiger partial charge in [0, 0.05) is 11.4 Å². The smallest absolute Gasteiger partial charge is 0.0439 e. The maximum absolute atomic E-state index is 3.88. The molecule has 1 aromatic rings. The second kappa shape index (κ2) is 5.84. The van der Waals surface area contributed by atoms with Gasteiger partial charge in [-0.2, -0.15) is 0 Å².